The molecule has 0 fully saturated rings. The number of hydrogen-bond donors (Lipinski definition) is 2. The Bertz CT molecular complexity index is 356. The largest absolute Gasteiger partial charge is 0.390 e. The number of rotatable bonds is 3. The fourth-order valence-corrected chi connectivity index (χ4v) is 1.18. The molecule has 80 valence electrons. The van der Waals surface area contributed by atoms with Crippen LogP contribution in [-0.4, -0.2) is 26.0 Å². The maximum absolute atomic E-state index is 11.9. The third kappa shape index (κ3) is 2.81. The van der Waals surface area contributed by atoms with Crippen LogP contribution in [0.3, 0.4) is 0 Å². The van der Waals surface area contributed by atoms with Crippen LogP contribution in [0.5, 0.6) is 0 Å². The number of aliphatic hydroxyl groups is 1. The van der Waals surface area contributed by atoms with Crippen LogP contribution in [0.4, 0.5) is 13.2 Å². The van der Waals surface area contributed by atoms with Crippen molar-refractivity contribution in [1.82, 2.24) is 14.8 Å². The molecule has 0 amide bonds. The number of halogens is 3. The maximum Gasteiger partial charge on any atom is 0.390 e. The predicted molar refractivity (Wildman–Crippen MR) is 44.0 cm³/mol. The van der Waals surface area contributed by atoms with Crippen molar-refractivity contribution in [3.8, 4) is 0 Å². The molecule has 0 saturated carbocycles. The average Bonchev–Trinajstić information content (AvgIpc) is 2.41. The minimum atomic E-state index is -4.24. The van der Waals surface area contributed by atoms with Crippen molar-refractivity contribution in [2.45, 2.75) is 25.7 Å². The summed E-state index contributed by atoms with van der Waals surface area (Å²) in [7, 11) is 0. The van der Waals surface area contributed by atoms with E-state index in [1.165, 1.54) is 0 Å². The van der Waals surface area contributed by atoms with Crippen LogP contribution in [0.15, 0.2) is 0 Å². The fourth-order valence-electron chi connectivity index (χ4n) is 0.940. The molecule has 1 aromatic heterocycles. The van der Waals surface area contributed by atoms with Crippen LogP contribution in [0.1, 0.15) is 12.2 Å². The normalized spacial score (nSPS) is 12.0. The van der Waals surface area contributed by atoms with Crippen LogP contribution in [0.2, 0.25) is 0 Å². The number of nitrogens with one attached hydrogen (secondary N) is 1. The first-order chi connectivity index (χ1) is 6.44. The summed E-state index contributed by atoms with van der Waals surface area (Å²) < 4.78 is 36.8. The Kier molecular flexibility index (Phi) is 3.27. The lowest BCUT2D eigenvalue weighted by molar-refractivity contribution is -0.136. The van der Waals surface area contributed by atoms with E-state index >= 15 is 0 Å². The minimum absolute atomic E-state index is 0.0818. The molecule has 0 spiro atoms. The summed E-state index contributed by atoms with van der Waals surface area (Å²) in [4.78, 5) is 0. The molecule has 1 aromatic rings. The summed E-state index contributed by atoms with van der Waals surface area (Å²) in [5, 5.41) is 14.6. The summed E-state index contributed by atoms with van der Waals surface area (Å²) in [6.07, 6.45) is -5.23. The molecular formula is C6H8F3N3OS. The SMILES string of the molecule is OCc1n[nH]c(=S)n1CCC(F)(F)F. The zero-order valence-electron chi connectivity index (χ0n) is 7.01. The van der Waals surface area contributed by atoms with Crippen molar-refractivity contribution >= 4 is 12.2 Å². The van der Waals surface area contributed by atoms with E-state index in [1.807, 2.05) is 0 Å². The predicted octanol–water partition coefficient (Wildman–Crippen LogP) is 1.39. The first kappa shape index (κ1) is 11.2. The third-order valence-corrected chi connectivity index (χ3v) is 1.91. The molecular weight excluding hydrogens is 219 g/mol. The highest BCUT2D eigenvalue weighted by Crippen LogP contribution is 2.20. The highest BCUT2D eigenvalue weighted by atomic mass is 32.1. The van der Waals surface area contributed by atoms with E-state index < -0.39 is 19.2 Å². The highest BCUT2D eigenvalue weighted by molar-refractivity contribution is 7.71. The Hall–Kier alpha value is -0.890. The molecule has 0 bridgehead atoms. The molecule has 1 rings (SSSR count). The minimum Gasteiger partial charge on any atom is -0.388 e. The van der Waals surface area contributed by atoms with Crippen LogP contribution in [0, 0.1) is 4.77 Å². The van der Waals surface area contributed by atoms with Crippen molar-refractivity contribution in [2.75, 3.05) is 0 Å². The van der Waals surface area contributed by atoms with Gasteiger partial charge in [-0.15, -0.1) is 0 Å². The van der Waals surface area contributed by atoms with Gasteiger partial charge in [0.1, 0.15) is 6.61 Å². The van der Waals surface area contributed by atoms with E-state index in [0.29, 0.717) is 0 Å². The van der Waals surface area contributed by atoms with E-state index in [2.05, 4.69) is 10.2 Å². The number of aromatic nitrogens is 3. The van der Waals surface area contributed by atoms with Crippen LogP contribution in [-0.2, 0) is 13.2 Å². The topological polar surface area (TPSA) is 53.8 Å². The number of aliphatic hydroxyl groups excluding tert-OH is 1. The van der Waals surface area contributed by atoms with Gasteiger partial charge < -0.3 is 9.67 Å². The molecule has 1 heterocycles. The summed E-state index contributed by atoms with van der Waals surface area (Å²) >= 11 is 4.69. The summed E-state index contributed by atoms with van der Waals surface area (Å²) in [5.41, 5.74) is 0. The molecule has 2 N–H and O–H groups in total. The first-order valence-electron chi connectivity index (χ1n) is 3.76. The molecule has 14 heavy (non-hydrogen) atoms. The molecule has 0 aliphatic heterocycles. The van der Waals surface area contributed by atoms with E-state index in [9.17, 15) is 13.2 Å². The van der Waals surface area contributed by atoms with E-state index in [1.54, 1.807) is 0 Å². The number of nitrogens with zero attached hydrogens (tertiary/aromatic N) is 2. The zero-order valence-corrected chi connectivity index (χ0v) is 7.82. The Morgan fingerprint density at radius 3 is 2.64 bits per heavy atom. The van der Waals surface area contributed by atoms with Crippen molar-refractivity contribution in [3.63, 3.8) is 0 Å². The van der Waals surface area contributed by atoms with Crippen LogP contribution < -0.4 is 0 Å². The number of alkyl halides is 3. The Balaban J connectivity index is 2.75. The maximum atomic E-state index is 11.9. The Labute approximate surface area is 82.4 Å². The molecule has 8 heteroatoms. The van der Waals surface area contributed by atoms with Crippen molar-refractivity contribution < 1.29 is 18.3 Å². The third-order valence-electron chi connectivity index (χ3n) is 1.60. The quantitative estimate of drug-likeness (QED) is 0.767. The second-order valence-corrected chi connectivity index (χ2v) is 3.01. The summed E-state index contributed by atoms with van der Waals surface area (Å²) in [5.74, 6) is 0.110. The van der Waals surface area contributed by atoms with Gasteiger partial charge in [-0.3, -0.25) is 5.10 Å². The smallest absolute Gasteiger partial charge is 0.388 e. The summed E-state index contributed by atoms with van der Waals surface area (Å²) in [6.45, 7) is -0.764. The second-order valence-electron chi connectivity index (χ2n) is 2.62. The lowest BCUT2D eigenvalue weighted by Crippen LogP contribution is -2.14. The Morgan fingerprint density at radius 1 is 1.50 bits per heavy atom. The van der Waals surface area contributed by atoms with Gasteiger partial charge in [-0.05, 0) is 12.2 Å². The van der Waals surface area contributed by atoms with Gasteiger partial charge in [0.2, 0.25) is 0 Å². The van der Waals surface area contributed by atoms with Gasteiger partial charge in [0, 0.05) is 6.54 Å². The molecule has 4 nitrogen and oxygen atoms in total. The van der Waals surface area contributed by atoms with Gasteiger partial charge in [-0.2, -0.15) is 18.3 Å². The molecule has 0 atom stereocenters. The van der Waals surface area contributed by atoms with E-state index in [0.717, 1.165) is 4.57 Å². The lowest BCUT2D eigenvalue weighted by atomic mass is 10.4. The van der Waals surface area contributed by atoms with Crippen LogP contribution >= 0.6 is 12.2 Å². The lowest BCUT2D eigenvalue weighted by Gasteiger charge is -2.07. The molecule has 0 unspecified atom stereocenters. The van der Waals surface area contributed by atoms with Gasteiger partial charge in [-0.25, -0.2) is 0 Å². The van der Waals surface area contributed by atoms with Crippen molar-refractivity contribution in [1.29, 1.82) is 0 Å². The second kappa shape index (κ2) is 4.09. The van der Waals surface area contributed by atoms with Gasteiger partial charge >= 0.3 is 6.18 Å². The van der Waals surface area contributed by atoms with E-state index in [-0.39, 0.29) is 17.1 Å². The van der Waals surface area contributed by atoms with Gasteiger partial charge in [0.15, 0.2) is 10.6 Å². The van der Waals surface area contributed by atoms with E-state index in [4.69, 9.17) is 17.3 Å². The van der Waals surface area contributed by atoms with Gasteiger partial charge in [0.25, 0.3) is 0 Å². The number of H-pyrrole nitrogens is 1. The van der Waals surface area contributed by atoms with Crippen molar-refractivity contribution in [2.24, 2.45) is 0 Å². The average molecular weight is 227 g/mol. The molecule has 0 aliphatic carbocycles. The van der Waals surface area contributed by atoms with Gasteiger partial charge in [0.05, 0.1) is 6.42 Å². The molecule has 0 aromatic carbocycles. The number of hydrogen-bond acceptors (Lipinski definition) is 3. The van der Waals surface area contributed by atoms with Crippen LogP contribution in [0.25, 0.3) is 0 Å². The summed E-state index contributed by atoms with van der Waals surface area (Å²) in [6, 6.07) is 0. The molecule has 0 radical (unpaired) electrons. The first-order valence-corrected chi connectivity index (χ1v) is 4.16. The number of aromatic amines is 1. The standard InChI is InChI=1S/C6H8F3N3OS/c7-6(8,9)1-2-12-4(3-13)10-11-5(12)14/h13H,1-3H2,(H,11,14). The van der Waals surface area contributed by atoms with Crippen molar-refractivity contribution in [3.05, 3.63) is 10.6 Å². The zero-order chi connectivity index (χ0) is 10.8. The molecule has 0 saturated heterocycles. The monoisotopic (exact) mass is 227 g/mol. The highest BCUT2D eigenvalue weighted by Gasteiger charge is 2.27. The van der Waals surface area contributed by atoms with Gasteiger partial charge in [-0.1, -0.05) is 0 Å². The fraction of sp³-hybridized carbons (Fsp3) is 0.667. The Morgan fingerprint density at radius 2 is 2.14 bits per heavy atom. The molecule has 0 aliphatic rings.